The monoisotopic (exact) mass is 399 g/mol. The molecule has 144 valence electrons. The van der Waals surface area contributed by atoms with E-state index in [0.717, 1.165) is 23.9 Å². The number of carbonyl (C=O) groups is 1. The highest BCUT2D eigenvalue weighted by molar-refractivity contribution is 7.99. The van der Waals surface area contributed by atoms with Crippen LogP contribution in [0.5, 0.6) is 0 Å². The summed E-state index contributed by atoms with van der Waals surface area (Å²) < 4.78 is 45.5. The van der Waals surface area contributed by atoms with E-state index in [1.165, 1.54) is 6.07 Å². The van der Waals surface area contributed by atoms with E-state index in [4.69, 9.17) is 4.52 Å². The van der Waals surface area contributed by atoms with Crippen molar-refractivity contribution in [2.24, 2.45) is 0 Å². The van der Waals surface area contributed by atoms with Crippen LogP contribution < -0.4 is 5.32 Å². The molecule has 0 fully saturated rings. The fraction of sp³-hybridized carbons (Fsp3) is 0.375. The Bertz CT molecular complexity index is 967. The van der Waals surface area contributed by atoms with E-state index in [1.54, 1.807) is 11.5 Å². The van der Waals surface area contributed by atoms with E-state index in [9.17, 15) is 18.0 Å². The molecule has 7 nitrogen and oxygen atoms in total. The number of rotatable bonds is 6. The van der Waals surface area contributed by atoms with Gasteiger partial charge in [-0.25, -0.2) is 4.98 Å². The summed E-state index contributed by atoms with van der Waals surface area (Å²) in [7, 11) is 0. The normalized spacial score (nSPS) is 11.9. The van der Waals surface area contributed by atoms with Crippen LogP contribution in [0.3, 0.4) is 0 Å². The molecule has 0 saturated carbocycles. The molecule has 0 aliphatic carbocycles. The molecule has 1 N–H and O–H groups in total. The lowest BCUT2D eigenvalue weighted by atomic mass is 10.2. The van der Waals surface area contributed by atoms with Crippen molar-refractivity contribution in [3.8, 4) is 0 Å². The fourth-order valence-electron chi connectivity index (χ4n) is 2.46. The standard InChI is InChI=1S/C16H16F3N5O2S/c1-3-6-24-12-7-10(16(17,18)19)4-5-11(12)21-15(24)27-8-13(25)22-14-20-9(2)23-26-14/h4-5,7H,3,6,8H2,1-2H3,(H,20,22,23,25). The van der Waals surface area contributed by atoms with E-state index < -0.39 is 11.7 Å². The van der Waals surface area contributed by atoms with Gasteiger partial charge in [0.25, 0.3) is 0 Å². The van der Waals surface area contributed by atoms with E-state index in [1.807, 2.05) is 6.92 Å². The van der Waals surface area contributed by atoms with Crippen LogP contribution >= 0.6 is 11.8 Å². The van der Waals surface area contributed by atoms with Crippen LogP contribution in [-0.4, -0.2) is 31.4 Å². The van der Waals surface area contributed by atoms with Gasteiger partial charge in [0.05, 0.1) is 22.3 Å². The minimum absolute atomic E-state index is 0.000587. The highest BCUT2D eigenvalue weighted by Crippen LogP contribution is 2.33. The number of fused-ring (bicyclic) bond motifs is 1. The Labute approximate surface area is 156 Å². The SMILES string of the molecule is CCCn1c(SCC(=O)Nc2nc(C)no2)nc2ccc(C(F)(F)F)cc21. The summed E-state index contributed by atoms with van der Waals surface area (Å²) in [5.41, 5.74) is 0.113. The summed E-state index contributed by atoms with van der Waals surface area (Å²) >= 11 is 1.13. The molecule has 3 aromatic rings. The van der Waals surface area contributed by atoms with Gasteiger partial charge in [0.1, 0.15) is 0 Å². The van der Waals surface area contributed by atoms with Gasteiger partial charge < -0.3 is 9.09 Å². The Morgan fingerprint density at radius 3 is 2.74 bits per heavy atom. The smallest absolute Gasteiger partial charge is 0.319 e. The van der Waals surface area contributed by atoms with Crippen LogP contribution in [0.2, 0.25) is 0 Å². The molecule has 0 bridgehead atoms. The number of hydrogen-bond donors (Lipinski definition) is 1. The first-order valence-corrected chi connectivity index (χ1v) is 9.07. The second-order valence-electron chi connectivity index (χ2n) is 5.73. The number of anilines is 1. The molecule has 27 heavy (non-hydrogen) atoms. The van der Waals surface area contributed by atoms with Crippen molar-refractivity contribution >= 4 is 34.7 Å². The Kier molecular flexibility index (Phi) is 5.40. The molecule has 0 unspecified atom stereocenters. The van der Waals surface area contributed by atoms with Crippen molar-refractivity contribution < 1.29 is 22.5 Å². The zero-order valence-corrected chi connectivity index (χ0v) is 15.3. The van der Waals surface area contributed by atoms with Crippen molar-refractivity contribution in [2.45, 2.75) is 38.1 Å². The van der Waals surface area contributed by atoms with Crippen LogP contribution in [0.25, 0.3) is 11.0 Å². The van der Waals surface area contributed by atoms with Crippen molar-refractivity contribution in [3.05, 3.63) is 29.6 Å². The van der Waals surface area contributed by atoms with Gasteiger partial charge in [0, 0.05) is 6.54 Å². The second-order valence-corrected chi connectivity index (χ2v) is 6.67. The Hall–Kier alpha value is -2.56. The quantitative estimate of drug-likeness (QED) is 0.633. The van der Waals surface area contributed by atoms with Crippen LogP contribution in [0.4, 0.5) is 19.2 Å². The van der Waals surface area contributed by atoms with Gasteiger partial charge in [0.2, 0.25) is 5.91 Å². The van der Waals surface area contributed by atoms with Gasteiger partial charge in [-0.2, -0.15) is 18.2 Å². The summed E-state index contributed by atoms with van der Waals surface area (Å²) in [5.74, 6) is 0.0125. The summed E-state index contributed by atoms with van der Waals surface area (Å²) in [4.78, 5) is 20.3. The number of aromatic nitrogens is 4. The number of nitrogens with one attached hydrogen (secondary N) is 1. The van der Waals surface area contributed by atoms with Crippen LogP contribution in [-0.2, 0) is 17.5 Å². The fourth-order valence-corrected chi connectivity index (χ4v) is 3.30. The molecule has 0 atom stereocenters. The van der Waals surface area contributed by atoms with Crippen molar-refractivity contribution in [3.63, 3.8) is 0 Å². The summed E-state index contributed by atoms with van der Waals surface area (Å²) in [6, 6.07) is 3.43. The predicted molar refractivity (Wildman–Crippen MR) is 93.4 cm³/mol. The Morgan fingerprint density at radius 1 is 1.33 bits per heavy atom. The zero-order chi connectivity index (χ0) is 19.6. The largest absolute Gasteiger partial charge is 0.416 e. The molecule has 11 heteroatoms. The Balaban J connectivity index is 1.80. The number of carbonyl (C=O) groups excluding carboxylic acids is 1. The number of benzene rings is 1. The summed E-state index contributed by atoms with van der Waals surface area (Å²) in [6.45, 7) is 4.03. The maximum Gasteiger partial charge on any atom is 0.416 e. The lowest BCUT2D eigenvalue weighted by Gasteiger charge is -2.09. The second kappa shape index (κ2) is 7.59. The van der Waals surface area contributed by atoms with E-state index >= 15 is 0 Å². The zero-order valence-electron chi connectivity index (χ0n) is 14.5. The summed E-state index contributed by atoms with van der Waals surface area (Å²) in [6.07, 6.45) is -3.71. The number of halogens is 3. The molecule has 0 radical (unpaired) electrons. The maximum absolute atomic E-state index is 13.0. The number of aryl methyl sites for hydroxylation is 2. The third-order valence-electron chi connectivity index (χ3n) is 3.59. The van der Waals surface area contributed by atoms with E-state index in [-0.39, 0.29) is 17.7 Å². The lowest BCUT2D eigenvalue weighted by molar-refractivity contribution is -0.137. The first kappa shape index (κ1) is 19.2. The average molecular weight is 399 g/mol. The molecule has 1 amide bonds. The molecule has 3 rings (SSSR count). The van der Waals surface area contributed by atoms with Gasteiger partial charge in [-0.3, -0.25) is 10.1 Å². The highest BCUT2D eigenvalue weighted by Gasteiger charge is 2.31. The van der Waals surface area contributed by atoms with Crippen molar-refractivity contribution in [2.75, 3.05) is 11.1 Å². The topological polar surface area (TPSA) is 85.8 Å². The van der Waals surface area contributed by atoms with Crippen molar-refractivity contribution in [1.29, 1.82) is 0 Å². The van der Waals surface area contributed by atoms with Gasteiger partial charge in [-0.15, -0.1) is 0 Å². The van der Waals surface area contributed by atoms with Gasteiger partial charge >= 0.3 is 12.2 Å². The molecule has 0 aliphatic rings. The minimum Gasteiger partial charge on any atom is -0.319 e. The van der Waals surface area contributed by atoms with Crippen LogP contribution in [0.1, 0.15) is 24.7 Å². The predicted octanol–water partition coefficient (Wildman–Crippen LogP) is 3.89. The lowest BCUT2D eigenvalue weighted by Crippen LogP contribution is -2.15. The molecule has 0 aliphatic heterocycles. The first-order chi connectivity index (χ1) is 12.8. The average Bonchev–Trinajstić information content (AvgIpc) is 3.15. The summed E-state index contributed by atoms with van der Waals surface area (Å²) in [5, 5.41) is 6.50. The number of thioether (sulfide) groups is 1. The van der Waals surface area contributed by atoms with E-state index in [2.05, 4.69) is 20.4 Å². The maximum atomic E-state index is 13.0. The number of amides is 1. The number of alkyl halides is 3. The molecule has 2 aromatic heterocycles. The Morgan fingerprint density at radius 2 is 2.11 bits per heavy atom. The molecule has 0 saturated heterocycles. The molecular formula is C16H16F3N5O2S. The number of nitrogens with zero attached hydrogens (tertiary/aromatic N) is 4. The van der Waals surface area contributed by atoms with E-state index in [0.29, 0.717) is 35.0 Å². The molecule has 2 heterocycles. The van der Waals surface area contributed by atoms with Gasteiger partial charge in [0.15, 0.2) is 11.0 Å². The molecular weight excluding hydrogens is 383 g/mol. The number of hydrogen-bond acceptors (Lipinski definition) is 6. The third-order valence-corrected chi connectivity index (χ3v) is 4.57. The molecule has 0 spiro atoms. The highest BCUT2D eigenvalue weighted by atomic mass is 32.2. The van der Waals surface area contributed by atoms with Crippen molar-refractivity contribution in [1.82, 2.24) is 19.7 Å². The molecule has 1 aromatic carbocycles. The van der Waals surface area contributed by atoms with Gasteiger partial charge in [-0.1, -0.05) is 23.8 Å². The number of imidazole rings is 1. The van der Waals surface area contributed by atoms with Crippen LogP contribution in [0, 0.1) is 6.92 Å². The third kappa shape index (κ3) is 4.41. The minimum atomic E-state index is -4.43. The van der Waals surface area contributed by atoms with Crippen LogP contribution in [0.15, 0.2) is 27.9 Å². The van der Waals surface area contributed by atoms with Gasteiger partial charge in [-0.05, 0) is 31.5 Å². The first-order valence-electron chi connectivity index (χ1n) is 8.08.